The zero-order chi connectivity index (χ0) is 17.6. The molecular weight excluding hydrogens is 378 g/mol. The van der Waals surface area contributed by atoms with Crippen LogP contribution in [0.4, 0.5) is 17.3 Å². The minimum absolute atomic E-state index is 0.741. The molecule has 3 aromatic rings. The van der Waals surface area contributed by atoms with Gasteiger partial charge in [0.15, 0.2) is 0 Å². The SMILES string of the molecule is Cc1nc(Nc2cccc(Br)c2)cc(N(C)CCc2ccncc2)n1. The van der Waals surface area contributed by atoms with Gasteiger partial charge < -0.3 is 10.2 Å². The lowest BCUT2D eigenvalue weighted by Gasteiger charge is -2.19. The molecule has 0 saturated carbocycles. The van der Waals surface area contributed by atoms with Gasteiger partial charge in [-0.05, 0) is 49.2 Å². The molecule has 0 radical (unpaired) electrons. The number of likely N-dealkylation sites (N-methyl/N-ethyl adjacent to an activating group) is 1. The Morgan fingerprint density at radius 1 is 1.08 bits per heavy atom. The van der Waals surface area contributed by atoms with Crippen LogP contribution in [0, 0.1) is 6.92 Å². The summed E-state index contributed by atoms with van der Waals surface area (Å²) >= 11 is 3.48. The molecule has 6 heteroatoms. The van der Waals surface area contributed by atoms with E-state index in [4.69, 9.17) is 0 Å². The van der Waals surface area contributed by atoms with Crippen molar-refractivity contribution in [2.24, 2.45) is 0 Å². The summed E-state index contributed by atoms with van der Waals surface area (Å²) in [5.41, 5.74) is 2.25. The van der Waals surface area contributed by atoms with Crippen molar-refractivity contribution in [3.63, 3.8) is 0 Å². The Kier molecular flexibility index (Phi) is 5.60. The maximum atomic E-state index is 4.56. The summed E-state index contributed by atoms with van der Waals surface area (Å²) in [5, 5.41) is 3.34. The smallest absolute Gasteiger partial charge is 0.136 e. The number of nitrogens with zero attached hydrogens (tertiary/aromatic N) is 4. The summed E-state index contributed by atoms with van der Waals surface area (Å²) in [6.07, 6.45) is 4.59. The lowest BCUT2D eigenvalue weighted by atomic mass is 10.2. The van der Waals surface area contributed by atoms with Gasteiger partial charge >= 0.3 is 0 Å². The van der Waals surface area contributed by atoms with Crippen molar-refractivity contribution in [2.45, 2.75) is 13.3 Å². The van der Waals surface area contributed by atoms with Gasteiger partial charge in [-0.25, -0.2) is 9.97 Å². The van der Waals surface area contributed by atoms with Crippen LogP contribution in [0.1, 0.15) is 11.4 Å². The predicted octanol–water partition coefficient (Wildman–Crippen LogP) is 4.37. The quantitative estimate of drug-likeness (QED) is 0.669. The van der Waals surface area contributed by atoms with Crippen LogP contribution < -0.4 is 10.2 Å². The predicted molar refractivity (Wildman–Crippen MR) is 105 cm³/mol. The van der Waals surface area contributed by atoms with E-state index in [1.807, 2.05) is 68.8 Å². The van der Waals surface area contributed by atoms with E-state index in [0.29, 0.717) is 0 Å². The number of halogens is 1. The topological polar surface area (TPSA) is 53.9 Å². The van der Waals surface area contributed by atoms with Crippen LogP contribution in [-0.4, -0.2) is 28.5 Å². The summed E-state index contributed by atoms with van der Waals surface area (Å²) < 4.78 is 1.03. The average Bonchev–Trinajstić information content (AvgIpc) is 2.60. The van der Waals surface area contributed by atoms with Gasteiger partial charge in [0.1, 0.15) is 17.5 Å². The normalized spacial score (nSPS) is 10.5. The van der Waals surface area contributed by atoms with Gasteiger partial charge in [-0.2, -0.15) is 0 Å². The number of hydrogen-bond acceptors (Lipinski definition) is 5. The number of pyridine rings is 1. The molecular formula is C19H20BrN5. The van der Waals surface area contributed by atoms with E-state index in [1.165, 1.54) is 5.56 Å². The number of rotatable bonds is 6. The van der Waals surface area contributed by atoms with Gasteiger partial charge in [0.05, 0.1) is 0 Å². The summed E-state index contributed by atoms with van der Waals surface area (Å²) in [6, 6.07) is 14.1. The van der Waals surface area contributed by atoms with Gasteiger partial charge in [0.2, 0.25) is 0 Å². The molecule has 0 atom stereocenters. The van der Waals surface area contributed by atoms with Crippen LogP contribution in [0.15, 0.2) is 59.3 Å². The minimum Gasteiger partial charge on any atom is -0.359 e. The van der Waals surface area contributed by atoms with E-state index in [-0.39, 0.29) is 0 Å². The highest BCUT2D eigenvalue weighted by Gasteiger charge is 2.08. The monoisotopic (exact) mass is 397 g/mol. The van der Waals surface area contributed by atoms with Gasteiger partial charge in [0, 0.05) is 42.2 Å². The maximum absolute atomic E-state index is 4.56. The molecule has 0 aliphatic heterocycles. The van der Waals surface area contributed by atoms with E-state index >= 15 is 0 Å². The Morgan fingerprint density at radius 3 is 2.64 bits per heavy atom. The highest BCUT2D eigenvalue weighted by atomic mass is 79.9. The molecule has 1 N–H and O–H groups in total. The fraction of sp³-hybridized carbons (Fsp3) is 0.211. The second-order valence-corrected chi connectivity index (χ2v) is 6.74. The number of aryl methyl sites for hydroxylation is 1. The first-order valence-corrected chi connectivity index (χ1v) is 8.88. The number of anilines is 3. The van der Waals surface area contributed by atoms with Crippen molar-refractivity contribution in [1.82, 2.24) is 15.0 Å². The molecule has 0 unspecified atom stereocenters. The van der Waals surface area contributed by atoms with Crippen LogP contribution in [-0.2, 0) is 6.42 Å². The Labute approximate surface area is 156 Å². The lowest BCUT2D eigenvalue weighted by molar-refractivity contribution is 0.848. The van der Waals surface area contributed by atoms with Crippen molar-refractivity contribution in [1.29, 1.82) is 0 Å². The molecule has 0 fully saturated rings. The maximum Gasteiger partial charge on any atom is 0.136 e. The molecule has 128 valence electrons. The molecule has 2 heterocycles. The molecule has 1 aromatic carbocycles. The number of nitrogens with one attached hydrogen (secondary N) is 1. The van der Waals surface area contributed by atoms with Crippen LogP contribution in [0.5, 0.6) is 0 Å². The Morgan fingerprint density at radius 2 is 1.88 bits per heavy atom. The molecule has 0 amide bonds. The van der Waals surface area contributed by atoms with E-state index in [9.17, 15) is 0 Å². The summed E-state index contributed by atoms with van der Waals surface area (Å²) in [5.74, 6) is 2.43. The molecule has 3 rings (SSSR count). The molecule has 0 bridgehead atoms. The second-order valence-electron chi connectivity index (χ2n) is 5.82. The summed E-state index contributed by atoms with van der Waals surface area (Å²) in [7, 11) is 2.05. The third-order valence-corrected chi connectivity index (χ3v) is 4.29. The van der Waals surface area contributed by atoms with E-state index in [1.54, 1.807) is 0 Å². The highest BCUT2D eigenvalue weighted by Crippen LogP contribution is 2.22. The lowest BCUT2D eigenvalue weighted by Crippen LogP contribution is -2.22. The van der Waals surface area contributed by atoms with E-state index < -0.39 is 0 Å². The summed E-state index contributed by atoms with van der Waals surface area (Å²) in [6.45, 7) is 2.78. The zero-order valence-electron chi connectivity index (χ0n) is 14.3. The van der Waals surface area contributed by atoms with Crippen molar-refractivity contribution in [3.05, 3.63) is 70.7 Å². The van der Waals surface area contributed by atoms with Crippen molar-refractivity contribution < 1.29 is 0 Å². The van der Waals surface area contributed by atoms with E-state index in [2.05, 4.69) is 41.1 Å². The fourth-order valence-corrected chi connectivity index (χ4v) is 2.89. The molecule has 0 aliphatic carbocycles. The Balaban J connectivity index is 1.72. The van der Waals surface area contributed by atoms with Crippen LogP contribution >= 0.6 is 15.9 Å². The van der Waals surface area contributed by atoms with Crippen LogP contribution in [0.25, 0.3) is 0 Å². The first-order chi connectivity index (χ1) is 12.1. The standard InChI is InChI=1S/C19H20BrN5/c1-14-22-18(24-17-5-3-4-16(20)12-17)13-19(23-14)25(2)11-8-15-6-9-21-10-7-15/h3-7,9-10,12-13H,8,11H2,1-2H3,(H,22,23,24). The van der Waals surface area contributed by atoms with Gasteiger partial charge in [-0.15, -0.1) is 0 Å². The summed E-state index contributed by atoms with van der Waals surface area (Å²) in [4.78, 5) is 15.2. The van der Waals surface area contributed by atoms with Crippen molar-refractivity contribution in [3.8, 4) is 0 Å². The molecule has 5 nitrogen and oxygen atoms in total. The fourth-order valence-electron chi connectivity index (χ4n) is 2.49. The number of hydrogen-bond donors (Lipinski definition) is 1. The number of aromatic nitrogens is 3. The Hall–Kier alpha value is -2.47. The molecule has 0 saturated heterocycles. The van der Waals surface area contributed by atoms with E-state index in [0.717, 1.165) is 40.6 Å². The first kappa shape index (κ1) is 17.4. The third kappa shape index (κ3) is 5.00. The van der Waals surface area contributed by atoms with Crippen molar-refractivity contribution in [2.75, 3.05) is 23.8 Å². The molecule has 0 aliphatic rings. The molecule has 0 spiro atoms. The first-order valence-electron chi connectivity index (χ1n) is 8.08. The number of benzene rings is 1. The largest absolute Gasteiger partial charge is 0.359 e. The second kappa shape index (κ2) is 8.07. The minimum atomic E-state index is 0.741. The van der Waals surface area contributed by atoms with Crippen LogP contribution in [0.3, 0.4) is 0 Å². The highest BCUT2D eigenvalue weighted by molar-refractivity contribution is 9.10. The van der Waals surface area contributed by atoms with Gasteiger partial charge in [-0.3, -0.25) is 4.98 Å². The van der Waals surface area contributed by atoms with Gasteiger partial charge in [-0.1, -0.05) is 22.0 Å². The Bertz CT molecular complexity index is 838. The third-order valence-electron chi connectivity index (χ3n) is 3.80. The average molecular weight is 398 g/mol. The zero-order valence-corrected chi connectivity index (χ0v) is 15.9. The van der Waals surface area contributed by atoms with Crippen molar-refractivity contribution >= 4 is 33.3 Å². The van der Waals surface area contributed by atoms with Gasteiger partial charge in [0.25, 0.3) is 0 Å². The molecule has 25 heavy (non-hydrogen) atoms. The van der Waals surface area contributed by atoms with Crippen LogP contribution in [0.2, 0.25) is 0 Å². The molecule has 2 aromatic heterocycles.